The predicted octanol–water partition coefficient (Wildman–Crippen LogP) is 1.82. The van der Waals surface area contributed by atoms with Gasteiger partial charge >= 0.3 is 11.8 Å². The molecule has 0 aliphatic rings. The molecule has 2 rings (SSSR count). The average Bonchev–Trinajstić information content (AvgIpc) is 2.50. The maximum absolute atomic E-state index is 11.5. The van der Waals surface area contributed by atoms with E-state index in [-0.39, 0.29) is 0 Å². The molecule has 0 bridgehead atoms. The molecule has 0 radical (unpaired) electrons. The number of nitrogens with zero attached hydrogens (tertiary/aromatic N) is 2. The highest BCUT2D eigenvalue weighted by atomic mass is 35.5. The monoisotopic (exact) mass is 302 g/mol. The maximum atomic E-state index is 11.5. The lowest BCUT2D eigenvalue weighted by Crippen LogP contribution is -2.32. The molecule has 1 aromatic carbocycles. The van der Waals surface area contributed by atoms with Gasteiger partial charge in [-0.3, -0.25) is 9.59 Å². The number of rotatable bonds is 3. The summed E-state index contributed by atoms with van der Waals surface area (Å²) in [6.45, 7) is 0. The molecule has 0 saturated heterocycles. The lowest BCUT2D eigenvalue weighted by Gasteiger charge is -2.02. The third-order valence-corrected chi connectivity index (χ3v) is 2.61. The fourth-order valence-electron chi connectivity index (χ4n) is 1.37. The van der Waals surface area contributed by atoms with Crippen molar-refractivity contribution in [3.05, 3.63) is 59.2 Å². The van der Waals surface area contributed by atoms with Gasteiger partial charge in [-0.2, -0.15) is 5.10 Å². The second-order valence-electron chi connectivity index (χ2n) is 3.92. The van der Waals surface area contributed by atoms with Crippen LogP contribution < -0.4 is 10.7 Å². The quantitative estimate of drug-likeness (QED) is 0.515. The van der Waals surface area contributed by atoms with Crippen LogP contribution in [0.1, 0.15) is 5.56 Å². The molecular formula is C14H11ClN4O2. The van der Waals surface area contributed by atoms with Gasteiger partial charge in [-0.1, -0.05) is 29.8 Å². The van der Waals surface area contributed by atoms with Crippen molar-refractivity contribution in [2.75, 3.05) is 5.32 Å². The number of nitrogens with one attached hydrogen (secondary N) is 2. The molecule has 2 amide bonds. The van der Waals surface area contributed by atoms with Crippen LogP contribution in [0.2, 0.25) is 5.02 Å². The van der Waals surface area contributed by atoms with E-state index in [0.717, 1.165) is 5.56 Å². The van der Waals surface area contributed by atoms with Gasteiger partial charge in [0.25, 0.3) is 0 Å². The van der Waals surface area contributed by atoms with Crippen molar-refractivity contribution in [1.29, 1.82) is 0 Å². The summed E-state index contributed by atoms with van der Waals surface area (Å²) in [5, 5.41) is 6.63. The average molecular weight is 303 g/mol. The van der Waals surface area contributed by atoms with Crippen LogP contribution in [0.25, 0.3) is 0 Å². The minimum Gasteiger partial charge on any atom is -0.302 e. The van der Waals surface area contributed by atoms with Gasteiger partial charge < -0.3 is 5.32 Å². The van der Waals surface area contributed by atoms with Gasteiger partial charge in [0.15, 0.2) is 0 Å². The smallest absolute Gasteiger partial charge is 0.302 e. The summed E-state index contributed by atoms with van der Waals surface area (Å²) in [5.74, 6) is -1.44. The van der Waals surface area contributed by atoms with Gasteiger partial charge in [-0.25, -0.2) is 10.4 Å². The molecule has 0 saturated carbocycles. The van der Waals surface area contributed by atoms with E-state index >= 15 is 0 Å². The number of aromatic nitrogens is 1. The Kier molecular flexibility index (Phi) is 5.00. The summed E-state index contributed by atoms with van der Waals surface area (Å²) in [6.07, 6.45) is 2.91. The van der Waals surface area contributed by atoms with Crippen molar-refractivity contribution in [3.8, 4) is 0 Å². The molecule has 106 valence electrons. The molecular weight excluding hydrogens is 292 g/mol. The fraction of sp³-hybridized carbons (Fsp3) is 0. The molecule has 0 spiro atoms. The number of hydrogen-bond donors (Lipinski definition) is 2. The summed E-state index contributed by atoms with van der Waals surface area (Å²) in [4.78, 5) is 26.9. The van der Waals surface area contributed by atoms with Crippen LogP contribution in [0.15, 0.2) is 53.8 Å². The highest BCUT2D eigenvalue weighted by Crippen LogP contribution is 2.07. The zero-order valence-corrected chi connectivity index (χ0v) is 11.5. The number of amides is 2. The Bertz CT molecular complexity index is 656. The van der Waals surface area contributed by atoms with Gasteiger partial charge in [-0.15, -0.1) is 0 Å². The standard InChI is InChI=1S/C14H11ClN4O2/c15-11-6-4-10(5-7-11)9-17-19-14(21)13(20)18-12-3-1-2-8-16-12/h1-9H,(H,19,21)(H,16,18,20)/b17-9-. The van der Waals surface area contributed by atoms with Crippen LogP contribution in [0.3, 0.4) is 0 Å². The number of anilines is 1. The summed E-state index contributed by atoms with van der Waals surface area (Å²) in [5.41, 5.74) is 2.86. The second-order valence-corrected chi connectivity index (χ2v) is 4.36. The van der Waals surface area contributed by atoms with Gasteiger partial charge in [-0.05, 0) is 29.8 Å². The highest BCUT2D eigenvalue weighted by molar-refractivity contribution is 6.39. The fourth-order valence-corrected chi connectivity index (χ4v) is 1.50. The molecule has 2 aromatic rings. The topological polar surface area (TPSA) is 83.5 Å². The number of halogens is 1. The maximum Gasteiger partial charge on any atom is 0.329 e. The van der Waals surface area contributed by atoms with Crippen molar-refractivity contribution in [2.24, 2.45) is 5.10 Å². The molecule has 6 nitrogen and oxygen atoms in total. The van der Waals surface area contributed by atoms with Gasteiger partial charge in [0, 0.05) is 11.2 Å². The Morgan fingerprint density at radius 2 is 1.86 bits per heavy atom. The van der Waals surface area contributed by atoms with Crippen LogP contribution in [-0.2, 0) is 9.59 Å². The molecule has 1 aromatic heterocycles. The molecule has 0 aliphatic carbocycles. The summed E-state index contributed by atoms with van der Waals surface area (Å²) < 4.78 is 0. The van der Waals surface area contributed by atoms with E-state index < -0.39 is 11.8 Å². The van der Waals surface area contributed by atoms with E-state index in [2.05, 4.69) is 20.8 Å². The normalized spacial score (nSPS) is 10.3. The van der Waals surface area contributed by atoms with Crippen molar-refractivity contribution in [3.63, 3.8) is 0 Å². The van der Waals surface area contributed by atoms with E-state index in [1.165, 1.54) is 12.4 Å². The SMILES string of the molecule is O=C(N/N=C\c1ccc(Cl)cc1)C(=O)Nc1ccccn1. The Labute approximate surface area is 125 Å². The molecule has 21 heavy (non-hydrogen) atoms. The van der Waals surface area contributed by atoms with E-state index in [1.807, 2.05) is 0 Å². The van der Waals surface area contributed by atoms with Crippen LogP contribution in [-0.4, -0.2) is 23.0 Å². The number of hydrazone groups is 1. The van der Waals surface area contributed by atoms with Gasteiger partial charge in [0.1, 0.15) is 5.82 Å². The third kappa shape index (κ3) is 4.70. The first-order valence-electron chi connectivity index (χ1n) is 5.96. The molecule has 2 N–H and O–H groups in total. The molecule has 7 heteroatoms. The van der Waals surface area contributed by atoms with Crippen molar-refractivity contribution < 1.29 is 9.59 Å². The van der Waals surface area contributed by atoms with Crippen molar-refractivity contribution >= 4 is 35.4 Å². The van der Waals surface area contributed by atoms with E-state index in [4.69, 9.17) is 11.6 Å². The number of carbonyl (C=O) groups excluding carboxylic acids is 2. The van der Waals surface area contributed by atoms with Crippen LogP contribution in [0, 0.1) is 0 Å². The summed E-state index contributed by atoms with van der Waals surface area (Å²) in [7, 11) is 0. The molecule has 0 aliphatic heterocycles. The summed E-state index contributed by atoms with van der Waals surface area (Å²) >= 11 is 5.74. The minimum absolute atomic E-state index is 0.291. The number of hydrogen-bond acceptors (Lipinski definition) is 4. The molecule has 0 atom stereocenters. The Morgan fingerprint density at radius 1 is 1.10 bits per heavy atom. The first kappa shape index (κ1) is 14.7. The Morgan fingerprint density at radius 3 is 2.52 bits per heavy atom. The molecule has 1 heterocycles. The van der Waals surface area contributed by atoms with E-state index in [1.54, 1.807) is 42.5 Å². The van der Waals surface area contributed by atoms with Crippen LogP contribution in [0.4, 0.5) is 5.82 Å². The van der Waals surface area contributed by atoms with E-state index in [9.17, 15) is 9.59 Å². The lowest BCUT2D eigenvalue weighted by molar-refractivity contribution is -0.136. The minimum atomic E-state index is -0.883. The lowest BCUT2D eigenvalue weighted by atomic mass is 10.2. The molecule has 0 unspecified atom stereocenters. The first-order chi connectivity index (χ1) is 10.1. The number of benzene rings is 1. The number of pyridine rings is 1. The third-order valence-electron chi connectivity index (χ3n) is 2.36. The number of carbonyl (C=O) groups is 2. The van der Waals surface area contributed by atoms with Gasteiger partial charge in [0.05, 0.1) is 6.21 Å². The molecule has 0 fully saturated rings. The van der Waals surface area contributed by atoms with Crippen molar-refractivity contribution in [2.45, 2.75) is 0 Å². The van der Waals surface area contributed by atoms with Crippen LogP contribution in [0.5, 0.6) is 0 Å². The van der Waals surface area contributed by atoms with Crippen LogP contribution >= 0.6 is 11.6 Å². The largest absolute Gasteiger partial charge is 0.329 e. The zero-order chi connectivity index (χ0) is 15.1. The predicted molar refractivity (Wildman–Crippen MR) is 80.1 cm³/mol. The van der Waals surface area contributed by atoms with Crippen molar-refractivity contribution in [1.82, 2.24) is 10.4 Å². The van der Waals surface area contributed by atoms with Gasteiger partial charge in [0.2, 0.25) is 0 Å². The zero-order valence-electron chi connectivity index (χ0n) is 10.8. The Balaban J connectivity index is 1.86. The second kappa shape index (κ2) is 7.16. The van der Waals surface area contributed by atoms with E-state index in [0.29, 0.717) is 10.8 Å². The highest BCUT2D eigenvalue weighted by Gasteiger charge is 2.12. The Hall–Kier alpha value is -2.73. The summed E-state index contributed by atoms with van der Waals surface area (Å²) in [6, 6.07) is 11.8. The first-order valence-corrected chi connectivity index (χ1v) is 6.34.